The Balaban J connectivity index is 1.06. The van der Waals surface area contributed by atoms with Gasteiger partial charge in [-0.2, -0.15) is 0 Å². The largest absolute Gasteiger partial charge is 0.509 e. The van der Waals surface area contributed by atoms with Crippen molar-refractivity contribution >= 4 is 41.7 Å². The number of carbonyl (C=O) groups excluding carboxylic acids is 7. The van der Waals surface area contributed by atoms with Crippen LogP contribution in [0.1, 0.15) is 184 Å². The van der Waals surface area contributed by atoms with E-state index in [4.69, 9.17) is 42.6 Å². The first-order valence-electron chi connectivity index (χ1n) is 31.4. The SMILES string of the molecule is CCCCCCCC/C=C\CCCCCCCC1OC[C@H](COC(=O)O[C@@H](C(=O)O[C@H]2C[C@@]3(O)[C@@H](OC(=O)c4ccccc4)C4[C@](C)(C(=O)[C@H](OC(C)=O)C(=C2C)C3(C)C)[C@@H](O)C[C@H]2OC[C@@]42OC(C)=O)[C@@H](NC(=O)c2ccccc2)c2ccccc2)O1. The van der Waals surface area contributed by atoms with Crippen LogP contribution in [0.4, 0.5) is 4.79 Å². The smallest absolute Gasteiger partial charge is 0.455 e. The average molecular weight is 1220 g/mol. The number of rotatable bonds is 28. The standard InChI is InChI=1S/C69H89NO18/c1-8-9-10-11-12-13-14-15-16-17-18-19-20-21-31-38-54-80-41-50(84-54)42-81-65(78)86-58(56(47-32-25-22-26-33-47)70-62(75)48-34-27-23-28-35-48)64(77)85-51-40-69(79)61(87-63(76)49-36-29-24-30-37-49)59-67(7,52(73)39-53-68(59,43-82-53)88-46(4)72)60(74)57(83-45(3)71)55(44(51)2)66(69,5)6/h15-16,22-30,32-37,50-54,56-59,61,73,79H,8-14,17-21,31,38-43H2,1-7H3,(H,70,75)/b16-15-/t50-,51+,52+,53-,54?,56+,57-,58-,59?,61+,67-,68+,69-/m1/s1. The number of hydrogen-bond donors (Lipinski definition) is 3. The zero-order chi connectivity index (χ0) is 63.2. The maximum Gasteiger partial charge on any atom is 0.509 e. The van der Waals surface area contributed by atoms with Crippen molar-refractivity contribution in [3.05, 3.63) is 131 Å². The topological polar surface area (TPSA) is 255 Å². The highest BCUT2D eigenvalue weighted by molar-refractivity contribution is 5.96. The highest BCUT2D eigenvalue weighted by Gasteiger charge is 2.78. The molecule has 3 N–H and O–H groups in total. The Morgan fingerprint density at radius 2 is 1.35 bits per heavy atom. The fraction of sp³-hybridized carbons (Fsp3) is 0.580. The second-order valence-corrected chi connectivity index (χ2v) is 24.9. The van der Waals surface area contributed by atoms with Crippen LogP contribution in [0.2, 0.25) is 0 Å². The van der Waals surface area contributed by atoms with E-state index in [2.05, 4.69) is 24.4 Å². The van der Waals surface area contributed by atoms with Gasteiger partial charge in [0.15, 0.2) is 23.8 Å². The van der Waals surface area contributed by atoms with E-state index >= 15 is 9.59 Å². The first kappa shape index (κ1) is 67.2. The van der Waals surface area contributed by atoms with E-state index in [1.54, 1.807) is 92.7 Å². The van der Waals surface area contributed by atoms with Gasteiger partial charge in [0.25, 0.3) is 5.91 Å². The molecule has 478 valence electrons. The van der Waals surface area contributed by atoms with E-state index in [1.165, 1.54) is 64.5 Å². The van der Waals surface area contributed by atoms with Crippen molar-refractivity contribution in [3.8, 4) is 0 Å². The lowest BCUT2D eigenvalue weighted by Crippen LogP contribution is -2.82. The van der Waals surface area contributed by atoms with Crippen molar-refractivity contribution in [2.45, 2.75) is 217 Å². The fourth-order valence-corrected chi connectivity index (χ4v) is 13.7. The third kappa shape index (κ3) is 15.1. The number of hydrogen-bond acceptors (Lipinski definition) is 18. The van der Waals surface area contributed by atoms with Crippen molar-refractivity contribution in [2.24, 2.45) is 16.7 Å². The molecular weight excluding hydrogens is 1130 g/mol. The van der Waals surface area contributed by atoms with Crippen molar-refractivity contribution in [3.63, 3.8) is 0 Å². The van der Waals surface area contributed by atoms with Crippen molar-refractivity contribution in [2.75, 3.05) is 19.8 Å². The van der Waals surface area contributed by atoms with Gasteiger partial charge >= 0.3 is 30.0 Å². The molecular formula is C69H89NO18. The van der Waals surface area contributed by atoms with Gasteiger partial charge < -0.3 is 58.2 Å². The van der Waals surface area contributed by atoms with Gasteiger partial charge in [0.05, 0.1) is 36.2 Å². The molecule has 8 rings (SSSR count). The number of carbonyl (C=O) groups is 7. The summed E-state index contributed by atoms with van der Waals surface area (Å²) >= 11 is 0. The van der Waals surface area contributed by atoms with Crippen LogP contribution in [-0.4, -0.2) is 132 Å². The minimum absolute atomic E-state index is 0.0405. The number of Topliss-reactive ketones (excluding diaryl/α,β-unsaturated/α-hetero) is 1. The molecule has 2 aliphatic heterocycles. The third-order valence-electron chi connectivity index (χ3n) is 18.6. The lowest BCUT2D eigenvalue weighted by Gasteiger charge is -2.67. The summed E-state index contributed by atoms with van der Waals surface area (Å²) in [5.41, 5.74) is -7.59. The summed E-state index contributed by atoms with van der Waals surface area (Å²) in [6.45, 7) is 9.94. The third-order valence-corrected chi connectivity index (χ3v) is 18.6. The Morgan fingerprint density at radius 1 is 0.750 bits per heavy atom. The molecule has 19 heteroatoms. The van der Waals surface area contributed by atoms with Gasteiger partial charge in [0.1, 0.15) is 42.7 Å². The molecule has 0 spiro atoms. The van der Waals surface area contributed by atoms with Crippen LogP contribution in [0, 0.1) is 16.7 Å². The normalized spacial score (nSPS) is 28.5. The van der Waals surface area contributed by atoms with Crippen LogP contribution >= 0.6 is 0 Å². The lowest BCUT2D eigenvalue weighted by atomic mass is 9.44. The number of ether oxygens (including phenoxy) is 9. The molecule has 5 aliphatic rings. The van der Waals surface area contributed by atoms with Crippen LogP contribution < -0.4 is 5.32 Å². The minimum Gasteiger partial charge on any atom is -0.455 e. The lowest BCUT2D eigenvalue weighted by molar-refractivity contribution is -0.346. The van der Waals surface area contributed by atoms with Crippen LogP contribution in [0.5, 0.6) is 0 Å². The zero-order valence-electron chi connectivity index (χ0n) is 51.9. The molecule has 0 radical (unpaired) electrons. The van der Waals surface area contributed by atoms with Crippen molar-refractivity contribution in [1.29, 1.82) is 0 Å². The molecule has 1 amide bonds. The van der Waals surface area contributed by atoms with Crippen LogP contribution in [-0.2, 0) is 61.8 Å². The van der Waals surface area contributed by atoms with E-state index in [-0.39, 0.29) is 48.5 Å². The second kappa shape index (κ2) is 30.2. The second-order valence-electron chi connectivity index (χ2n) is 24.9. The van der Waals surface area contributed by atoms with E-state index in [1.807, 2.05) is 0 Å². The number of aliphatic hydroxyl groups excluding tert-OH is 1. The number of allylic oxidation sites excluding steroid dienone is 2. The predicted octanol–water partition coefficient (Wildman–Crippen LogP) is 10.7. The number of aliphatic hydroxyl groups is 2. The number of nitrogens with one attached hydrogen (secondary N) is 1. The Kier molecular flexibility index (Phi) is 23.0. The summed E-state index contributed by atoms with van der Waals surface area (Å²) in [6, 6.07) is 22.7. The molecule has 3 aromatic carbocycles. The summed E-state index contributed by atoms with van der Waals surface area (Å²) in [5.74, 6) is -7.13. The van der Waals surface area contributed by atoms with E-state index in [0.717, 1.165) is 58.8 Å². The molecule has 2 bridgehead atoms. The van der Waals surface area contributed by atoms with Gasteiger partial charge in [-0.3, -0.25) is 19.2 Å². The molecule has 3 aromatic rings. The van der Waals surface area contributed by atoms with Crippen molar-refractivity contribution < 1.29 is 86.4 Å². The number of benzene rings is 3. The van der Waals surface area contributed by atoms with E-state index < -0.39 is 131 Å². The Bertz CT molecular complexity index is 2950. The van der Waals surface area contributed by atoms with Crippen LogP contribution in [0.15, 0.2) is 114 Å². The number of fused-ring (bicyclic) bond motifs is 5. The summed E-state index contributed by atoms with van der Waals surface area (Å²) in [5, 5.41) is 29.3. The maximum atomic E-state index is 15.9. The fourth-order valence-electron chi connectivity index (χ4n) is 13.7. The van der Waals surface area contributed by atoms with Gasteiger partial charge in [-0.1, -0.05) is 151 Å². The van der Waals surface area contributed by atoms with Gasteiger partial charge in [0.2, 0.25) is 6.10 Å². The van der Waals surface area contributed by atoms with Gasteiger partial charge in [-0.25, -0.2) is 14.4 Å². The quantitative estimate of drug-likeness (QED) is 0.0264. The highest BCUT2D eigenvalue weighted by atomic mass is 16.8. The molecule has 2 unspecified atom stereocenters. The number of esters is 4. The summed E-state index contributed by atoms with van der Waals surface area (Å²) < 4.78 is 54.7. The molecule has 88 heavy (non-hydrogen) atoms. The Labute approximate surface area is 516 Å². The maximum absolute atomic E-state index is 15.9. The molecule has 2 saturated heterocycles. The van der Waals surface area contributed by atoms with Crippen LogP contribution in [0.25, 0.3) is 0 Å². The minimum atomic E-state index is -2.49. The molecule has 0 aromatic heterocycles. The van der Waals surface area contributed by atoms with Crippen LogP contribution in [0.3, 0.4) is 0 Å². The summed E-state index contributed by atoms with van der Waals surface area (Å²) in [7, 11) is 0. The molecule has 2 heterocycles. The number of ketones is 1. The molecule has 13 atom stereocenters. The monoisotopic (exact) mass is 1220 g/mol. The Hall–Kier alpha value is -6.77. The van der Waals surface area contributed by atoms with E-state index in [0.29, 0.717) is 12.0 Å². The molecule has 3 aliphatic carbocycles. The Morgan fingerprint density at radius 3 is 1.95 bits per heavy atom. The molecule has 2 saturated carbocycles. The summed E-state index contributed by atoms with van der Waals surface area (Å²) in [4.78, 5) is 101. The number of unbranched alkanes of at least 4 members (excludes halogenated alkanes) is 11. The first-order valence-corrected chi connectivity index (χ1v) is 31.4. The predicted molar refractivity (Wildman–Crippen MR) is 322 cm³/mol. The zero-order valence-corrected chi connectivity index (χ0v) is 51.9. The van der Waals surface area contributed by atoms with Gasteiger partial charge in [-0.15, -0.1) is 0 Å². The average Bonchev–Trinajstić information content (AvgIpc) is 0.828. The van der Waals surface area contributed by atoms with Gasteiger partial charge in [0, 0.05) is 37.7 Å². The first-order chi connectivity index (χ1) is 42.2. The molecule has 19 nitrogen and oxygen atoms in total. The number of amides is 1. The van der Waals surface area contributed by atoms with Gasteiger partial charge in [-0.05, 0) is 93.3 Å². The highest BCUT2D eigenvalue weighted by Crippen LogP contribution is 2.64. The van der Waals surface area contributed by atoms with Crippen molar-refractivity contribution in [1.82, 2.24) is 5.32 Å². The van der Waals surface area contributed by atoms with E-state index in [9.17, 15) is 34.2 Å². The molecule has 4 fully saturated rings. The summed E-state index contributed by atoms with van der Waals surface area (Å²) in [6.07, 6.45) is 6.99.